The van der Waals surface area contributed by atoms with Crippen LogP contribution in [0.4, 0.5) is 0 Å². The van der Waals surface area contributed by atoms with E-state index in [4.69, 9.17) is 0 Å². The topological polar surface area (TPSA) is 24.1 Å². The molecule has 2 heteroatoms. The van der Waals surface area contributed by atoms with Crippen LogP contribution in [0.25, 0.3) is 0 Å². The molecule has 2 nitrogen and oxygen atoms in total. The van der Waals surface area contributed by atoms with Crippen molar-refractivity contribution in [1.82, 2.24) is 10.6 Å². The molecule has 0 aliphatic rings. The van der Waals surface area contributed by atoms with Crippen molar-refractivity contribution in [2.24, 2.45) is 0 Å². The molecule has 0 saturated heterocycles. The molecule has 0 aromatic carbocycles. The van der Waals surface area contributed by atoms with Crippen molar-refractivity contribution in [2.45, 2.75) is 52.1 Å². The van der Waals surface area contributed by atoms with Crippen LogP contribution in [0, 0.1) is 0 Å². The van der Waals surface area contributed by atoms with Crippen molar-refractivity contribution in [3.8, 4) is 0 Å². The van der Waals surface area contributed by atoms with Gasteiger partial charge in [0.25, 0.3) is 0 Å². The molecule has 0 spiro atoms. The quantitative estimate of drug-likeness (QED) is 0.611. The van der Waals surface area contributed by atoms with E-state index in [1.165, 1.54) is 19.3 Å². The largest absolute Gasteiger partial charge is 0.316 e. The van der Waals surface area contributed by atoms with E-state index in [1.807, 2.05) is 7.05 Å². The lowest BCUT2D eigenvalue weighted by molar-refractivity contribution is 0.444. The van der Waals surface area contributed by atoms with Crippen LogP contribution < -0.4 is 10.6 Å². The van der Waals surface area contributed by atoms with Gasteiger partial charge >= 0.3 is 0 Å². The Hall–Kier alpha value is -0.0800. The first-order valence-corrected chi connectivity index (χ1v) is 5.11. The zero-order valence-electron chi connectivity index (χ0n) is 8.98. The van der Waals surface area contributed by atoms with E-state index in [-0.39, 0.29) is 0 Å². The summed E-state index contributed by atoms with van der Waals surface area (Å²) in [5.41, 5.74) is 0. The minimum atomic E-state index is 0.600. The predicted molar refractivity (Wildman–Crippen MR) is 55.5 cm³/mol. The Labute approximate surface area is 77.1 Å². The van der Waals surface area contributed by atoms with Crippen molar-refractivity contribution in [3.63, 3.8) is 0 Å². The van der Waals surface area contributed by atoms with Gasteiger partial charge in [-0.3, -0.25) is 0 Å². The third-order valence-corrected chi connectivity index (χ3v) is 2.09. The van der Waals surface area contributed by atoms with Gasteiger partial charge in [-0.1, -0.05) is 33.6 Å². The lowest BCUT2D eigenvalue weighted by Gasteiger charge is -2.18. The van der Waals surface area contributed by atoms with Crippen LogP contribution in [-0.2, 0) is 0 Å². The highest BCUT2D eigenvalue weighted by atomic mass is 15.0. The monoisotopic (exact) mass is 172 g/mol. The summed E-state index contributed by atoms with van der Waals surface area (Å²) >= 11 is 0. The molecule has 0 aromatic rings. The van der Waals surface area contributed by atoms with Gasteiger partial charge in [0.15, 0.2) is 0 Å². The summed E-state index contributed by atoms with van der Waals surface area (Å²) in [5, 5.41) is 6.77. The third-order valence-electron chi connectivity index (χ3n) is 2.09. The second-order valence-electron chi connectivity index (χ2n) is 3.69. The fraction of sp³-hybridized carbons (Fsp3) is 1.00. The predicted octanol–water partition coefficient (Wildman–Crippen LogP) is 1.76. The summed E-state index contributed by atoms with van der Waals surface area (Å²) in [6.45, 7) is 7.70. The maximum absolute atomic E-state index is 3.44. The van der Waals surface area contributed by atoms with E-state index in [0.717, 1.165) is 6.54 Å². The van der Waals surface area contributed by atoms with Crippen LogP contribution in [-0.4, -0.2) is 25.7 Å². The fourth-order valence-corrected chi connectivity index (χ4v) is 1.18. The molecule has 0 saturated carbocycles. The van der Waals surface area contributed by atoms with Crippen LogP contribution in [0.1, 0.15) is 40.0 Å². The number of rotatable bonds is 7. The van der Waals surface area contributed by atoms with E-state index in [1.54, 1.807) is 0 Å². The van der Waals surface area contributed by atoms with Crippen molar-refractivity contribution in [3.05, 3.63) is 0 Å². The summed E-state index contributed by atoms with van der Waals surface area (Å²) in [7, 11) is 2.04. The highest BCUT2D eigenvalue weighted by Crippen LogP contribution is 1.99. The molecule has 0 aliphatic carbocycles. The minimum Gasteiger partial charge on any atom is -0.316 e. The summed E-state index contributed by atoms with van der Waals surface area (Å²) in [5.74, 6) is 0. The first-order chi connectivity index (χ1) is 5.70. The van der Waals surface area contributed by atoms with Gasteiger partial charge in [0, 0.05) is 18.6 Å². The zero-order chi connectivity index (χ0) is 9.40. The minimum absolute atomic E-state index is 0.600. The lowest BCUT2D eigenvalue weighted by atomic mass is 10.1. The normalized spacial score (nSPS) is 13.8. The Morgan fingerprint density at radius 2 is 1.92 bits per heavy atom. The number of unbranched alkanes of at least 4 members (excludes halogenated alkanes) is 1. The van der Waals surface area contributed by atoms with Gasteiger partial charge in [-0.05, 0) is 13.5 Å². The van der Waals surface area contributed by atoms with Crippen LogP contribution in [0.15, 0.2) is 0 Å². The van der Waals surface area contributed by atoms with Crippen molar-refractivity contribution < 1.29 is 0 Å². The van der Waals surface area contributed by atoms with Crippen LogP contribution in [0.5, 0.6) is 0 Å². The summed E-state index contributed by atoms with van der Waals surface area (Å²) in [6.07, 6.45) is 3.90. The highest BCUT2D eigenvalue weighted by molar-refractivity contribution is 4.68. The smallest absolute Gasteiger partial charge is 0.0189 e. The zero-order valence-corrected chi connectivity index (χ0v) is 8.98. The highest BCUT2D eigenvalue weighted by Gasteiger charge is 2.04. The molecular formula is C10H24N2. The first kappa shape index (κ1) is 11.9. The molecule has 12 heavy (non-hydrogen) atoms. The Morgan fingerprint density at radius 3 is 2.33 bits per heavy atom. The standard InChI is InChI=1S/C10H24N2/c1-5-6-7-10(11-4)8-12-9(2)3/h9-12H,5-8H2,1-4H3. The molecule has 2 N–H and O–H groups in total. The molecule has 0 fully saturated rings. The SMILES string of the molecule is CCCCC(CNC(C)C)NC. The van der Waals surface area contributed by atoms with Gasteiger partial charge in [-0.2, -0.15) is 0 Å². The molecule has 0 heterocycles. The Kier molecular flexibility index (Phi) is 7.51. The Balaban J connectivity index is 3.39. The summed E-state index contributed by atoms with van der Waals surface area (Å²) in [4.78, 5) is 0. The van der Waals surface area contributed by atoms with Gasteiger partial charge in [-0.15, -0.1) is 0 Å². The molecule has 0 aliphatic heterocycles. The van der Waals surface area contributed by atoms with Gasteiger partial charge in [0.2, 0.25) is 0 Å². The van der Waals surface area contributed by atoms with Crippen molar-refractivity contribution in [1.29, 1.82) is 0 Å². The number of hydrogen-bond donors (Lipinski definition) is 2. The third kappa shape index (κ3) is 6.62. The van der Waals surface area contributed by atoms with E-state index in [2.05, 4.69) is 31.4 Å². The van der Waals surface area contributed by atoms with Crippen LogP contribution in [0.3, 0.4) is 0 Å². The Morgan fingerprint density at radius 1 is 1.25 bits per heavy atom. The molecule has 0 aromatic heterocycles. The molecule has 0 bridgehead atoms. The van der Waals surface area contributed by atoms with E-state index < -0.39 is 0 Å². The van der Waals surface area contributed by atoms with E-state index in [9.17, 15) is 0 Å². The molecule has 1 atom stereocenters. The van der Waals surface area contributed by atoms with Gasteiger partial charge in [0.05, 0.1) is 0 Å². The van der Waals surface area contributed by atoms with Gasteiger partial charge < -0.3 is 10.6 Å². The van der Waals surface area contributed by atoms with Gasteiger partial charge in [-0.25, -0.2) is 0 Å². The molecule has 0 rings (SSSR count). The van der Waals surface area contributed by atoms with E-state index >= 15 is 0 Å². The summed E-state index contributed by atoms with van der Waals surface area (Å²) < 4.78 is 0. The summed E-state index contributed by atoms with van der Waals surface area (Å²) in [6, 6.07) is 1.25. The molecule has 0 radical (unpaired) electrons. The second kappa shape index (κ2) is 7.56. The average Bonchev–Trinajstić information content (AvgIpc) is 2.05. The lowest BCUT2D eigenvalue weighted by Crippen LogP contribution is -2.39. The number of likely N-dealkylation sites (N-methyl/N-ethyl adjacent to an activating group) is 1. The van der Waals surface area contributed by atoms with Crippen molar-refractivity contribution in [2.75, 3.05) is 13.6 Å². The molecule has 0 amide bonds. The Bertz CT molecular complexity index is 91.8. The van der Waals surface area contributed by atoms with Crippen molar-refractivity contribution >= 4 is 0 Å². The second-order valence-corrected chi connectivity index (χ2v) is 3.69. The van der Waals surface area contributed by atoms with Gasteiger partial charge in [0.1, 0.15) is 0 Å². The maximum Gasteiger partial charge on any atom is 0.0189 e. The van der Waals surface area contributed by atoms with Crippen LogP contribution >= 0.6 is 0 Å². The van der Waals surface area contributed by atoms with Crippen LogP contribution in [0.2, 0.25) is 0 Å². The average molecular weight is 172 g/mol. The maximum atomic E-state index is 3.44. The first-order valence-electron chi connectivity index (χ1n) is 5.11. The molecular weight excluding hydrogens is 148 g/mol. The number of nitrogens with one attached hydrogen (secondary N) is 2. The fourth-order valence-electron chi connectivity index (χ4n) is 1.18. The van der Waals surface area contributed by atoms with E-state index in [0.29, 0.717) is 12.1 Å². The molecule has 1 unspecified atom stereocenters. The number of hydrogen-bond acceptors (Lipinski definition) is 2. The molecule has 74 valence electrons.